The minimum absolute atomic E-state index is 0.00890. The van der Waals surface area contributed by atoms with E-state index in [-0.39, 0.29) is 17.6 Å². The van der Waals surface area contributed by atoms with Gasteiger partial charge in [0.05, 0.1) is 5.69 Å². The number of oxime groups is 1. The first-order valence-electron chi connectivity index (χ1n) is 5.80. The number of hydrogen-bond acceptors (Lipinski definition) is 4. The molecule has 0 unspecified atom stereocenters. The molecule has 0 radical (unpaired) electrons. The average molecular weight is 284 g/mol. The van der Waals surface area contributed by atoms with Crippen molar-refractivity contribution in [2.45, 2.75) is 25.8 Å². The van der Waals surface area contributed by atoms with Crippen molar-refractivity contribution >= 4 is 21.7 Å². The molecular formula is C11H16N4O3S. The number of hydrogen-bond donors (Lipinski definition) is 4. The summed E-state index contributed by atoms with van der Waals surface area (Å²) < 4.78 is 28.6. The van der Waals surface area contributed by atoms with Crippen LogP contribution in [-0.2, 0) is 10.2 Å². The van der Waals surface area contributed by atoms with Gasteiger partial charge in [0.15, 0.2) is 5.84 Å². The Hall–Kier alpha value is -1.80. The van der Waals surface area contributed by atoms with Crippen LogP contribution in [0.25, 0.3) is 0 Å². The fourth-order valence-electron chi connectivity index (χ4n) is 1.74. The van der Waals surface area contributed by atoms with Crippen LogP contribution in [0.5, 0.6) is 0 Å². The third-order valence-electron chi connectivity index (χ3n) is 2.78. The Balaban J connectivity index is 2.31. The molecule has 1 aromatic rings. The van der Waals surface area contributed by atoms with E-state index in [2.05, 4.69) is 14.6 Å². The zero-order chi connectivity index (χ0) is 14.0. The Morgan fingerprint density at radius 2 is 2.16 bits per heavy atom. The Morgan fingerprint density at radius 3 is 2.74 bits per heavy atom. The van der Waals surface area contributed by atoms with Crippen LogP contribution < -0.4 is 15.2 Å². The fourth-order valence-corrected chi connectivity index (χ4v) is 2.93. The Kier molecular flexibility index (Phi) is 3.63. The van der Waals surface area contributed by atoms with Gasteiger partial charge in [0.2, 0.25) is 0 Å². The standard InChI is InChI=1S/C11H16N4O3S/c1-7-3-2-4-9(10(7)11(12)13-16)15-19(17,18)14-8-5-6-8/h2-4,8,14-16H,5-6H2,1H3,(H2,12,13). The van der Waals surface area contributed by atoms with Crippen molar-refractivity contribution < 1.29 is 13.6 Å². The van der Waals surface area contributed by atoms with Crippen LogP contribution in [-0.4, -0.2) is 25.5 Å². The summed E-state index contributed by atoms with van der Waals surface area (Å²) in [6.07, 6.45) is 1.70. The normalized spacial score (nSPS) is 16.4. The molecular weight excluding hydrogens is 268 g/mol. The van der Waals surface area contributed by atoms with Crippen molar-refractivity contribution in [3.63, 3.8) is 0 Å². The predicted octanol–water partition coefficient (Wildman–Crippen LogP) is 0.498. The van der Waals surface area contributed by atoms with Gasteiger partial charge in [0.1, 0.15) is 0 Å². The molecule has 19 heavy (non-hydrogen) atoms. The zero-order valence-corrected chi connectivity index (χ0v) is 11.2. The van der Waals surface area contributed by atoms with Gasteiger partial charge in [-0.1, -0.05) is 17.3 Å². The summed E-state index contributed by atoms with van der Waals surface area (Å²) in [7, 11) is -3.64. The second-order valence-electron chi connectivity index (χ2n) is 4.48. The van der Waals surface area contributed by atoms with Gasteiger partial charge in [0, 0.05) is 11.6 Å². The van der Waals surface area contributed by atoms with Gasteiger partial charge in [0.25, 0.3) is 10.2 Å². The van der Waals surface area contributed by atoms with Crippen molar-refractivity contribution in [1.82, 2.24) is 4.72 Å². The fraction of sp³-hybridized carbons (Fsp3) is 0.364. The van der Waals surface area contributed by atoms with E-state index < -0.39 is 10.2 Å². The van der Waals surface area contributed by atoms with Gasteiger partial charge < -0.3 is 10.9 Å². The van der Waals surface area contributed by atoms with Gasteiger partial charge in [-0.3, -0.25) is 4.72 Å². The van der Waals surface area contributed by atoms with Crippen LogP contribution in [0.1, 0.15) is 24.0 Å². The number of nitrogens with one attached hydrogen (secondary N) is 2. The highest BCUT2D eigenvalue weighted by Gasteiger charge is 2.27. The Labute approximate surface area is 111 Å². The molecule has 0 bridgehead atoms. The molecule has 0 heterocycles. The smallest absolute Gasteiger partial charge is 0.299 e. The Bertz CT molecular complexity index is 608. The molecule has 0 atom stereocenters. The van der Waals surface area contributed by atoms with Gasteiger partial charge in [-0.2, -0.15) is 13.1 Å². The average Bonchev–Trinajstić information content (AvgIpc) is 3.11. The van der Waals surface area contributed by atoms with Crippen molar-refractivity contribution in [3.05, 3.63) is 29.3 Å². The van der Waals surface area contributed by atoms with Crippen molar-refractivity contribution in [2.75, 3.05) is 4.72 Å². The van der Waals surface area contributed by atoms with E-state index in [9.17, 15) is 8.42 Å². The van der Waals surface area contributed by atoms with Crippen molar-refractivity contribution in [2.24, 2.45) is 10.9 Å². The second kappa shape index (κ2) is 5.06. The molecule has 0 aliphatic heterocycles. The van der Waals surface area contributed by atoms with Crippen LogP contribution in [0, 0.1) is 6.92 Å². The van der Waals surface area contributed by atoms with E-state index in [1.807, 2.05) is 0 Å². The van der Waals surface area contributed by atoms with E-state index in [1.54, 1.807) is 25.1 Å². The number of aryl methyl sites for hydroxylation is 1. The maximum Gasteiger partial charge on any atom is 0.299 e. The number of benzene rings is 1. The lowest BCUT2D eigenvalue weighted by Gasteiger charge is -2.14. The molecule has 0 spiro atoms. The van der Waals surface area contributed by atoms with Gasteiger partial charge in [-0.05, 0) is 31.4 Å². The lowest BCUT2D eigenvalue weighted by Crippen LogP contribution is -2.32. The molecule has 1 saturated carbocycles. The van der Waals surface area contributed by atoms with Gasteiger partial charge in [-0.15, -0.1) is 0 Å². The van der Waals surface area contributed by atoms with Crippen LogP contribution in [0.4, 0.5) is 5.69 Å². The molecule has 0 aromatic heterocycles. The second-order valence-corrected chi connectivity index (χ2v) is 5.93. The van der Waals surface area contributed by atoms with Gasteiger partial charge in [-0.25, -0.2) is 0 Å². The monoisotopic (exact) mass is 284 g/mol. The molecule has 1 fully saturated rings. The van der Waals surface area contributed by atoms with Crippen LogP contribution >= 0.6 is 0 Å². The molecule has 1 aromatic carbocycles. The van der Waals surface area contributed by atoms with Crippen LogP contribution in [0.2, 0.25) is 0 Å². The predicted molar refractivity (Wildman–Crippen MR) is 72.4 cm³/mol. The number of anilines is 1. The first kappa shape index (κ1) is 13.6. The molecule has 104 valence electrons. The van der Waals surface area contributed by atoms with E-state index in [0.717, 1.165) is 12.8 Å². The van der Waals surface area contributed by atoms with E-state index in [1.165, 1.54) is 0 Å². The minimum atomic E-state index is -3.64. The summed E-state index contributed by atoms with van der Waals surface area (Å²) in [5.74, 6) is -0.137. The highest BCUT2D eigenvalue weighted by molar-refractivity contribution is 7.90. The van der Waals surface area contributed by atoms with Crippen molar-refractivity contribution in [1.29, 1.82) is 0 Å². The van der Waals surface area contributed by atoms with Gasteiger partial charge >= 0.3 is 0 Å². The summed E-state index contributed by atoms with van der Waals surface area (Å²) in [5, 5.41) is 11.7. The highest BCUT2D eigenvalue weighted by atomic mass is 32.2. The summed E-state index contributed by atoms with van der Waals surface area (Å²) in [6.45, 7) is 1.75. The number of amidine groups is 1. The zero-order valence-electron chi connectivity index (χ0n) is 10.4. The summed E-state index contributed by atoms with van der Waals surface area (Å²) in [6, 6.07) is 5.01. The number of nitrogens with zero attached hydrogens (tertiary/aromatic N) is 1. The lowest BCUT2D eigenvalue weighted by atomic mass is 10.1. The summed E-state index contributed by atoms with van der Waals surface area (Å²) >= 11 is 0. The number of nitrogens with two attached hydrogens (primary N) is 1. The molecule has 1 aliphatic carbocycles. The summed E-state index contributed by atoms with van der Waals surface area (Å²) in [5.41, 5.74) is 6.93. The third kappa shape index (κ3) is 3.36. The molecule has 0 saturated heterocycles. The van der Waals surface area contributed by atoms with Crippen LogP contribution in [0.3, 0.4) is 0 Å². The van der Waals surface area contributed by atoms with Crippen molar-refractivity contribution in [3.8, 4) is 0 Å². The third-order valence-corrected chi connectivity index (χ3v) is 3.91. The quantitative estimate of drug-likeness (QED) is 0.272. The maximum atomic E-state index is 11.9. The molecule has 0 amide bonds. The maximum absolute atomic E-state index is 11.9. The van der Waals surface area contributed by atoms with E-state index in [4.69, 9.17) is 10.9 Å². The van der Waals surface area contributed by atoms with E-state index in [0.29, 0.717) is 11.1 Å². The van der Waals surface area contributed by atoms with Crippen LogP contribution in [0.15, 0.2) is 23.4 Å². The molecule has 8 heteroatoms. The largest absolute Gasteiger partial charge is 0.409 e. The molecule has 7 nitrogen and oxygen atoms in total. The summed E-state index contributed by atoms with van der Waals surface area (Å²) in [4.78, 5) is 0. The van der Waals surface area contributed by atoms with E-state index >= 15 is 0 Å². The molecule has 5 N–H and O–H groups in total. The Morgan fingerprint density at radius 1 is 1.47 bits per heavy atom. The lowest BCUT2D eigenvalue weighted by molar-refractivity contribution is 0.318. The molecule has 1 aliphatic rings. The topological polar surface area (TPSA) is 117 Å². The highest BCUT2D eigenvalue weighted by Crippen LogP contribution is 2.23. The first-order valence-corrected chi connectivity index (χ1v) is 7.29. The molecule has 2 rings (SSSR count). The minimum Gasteiger partial charge on any atom is -0.409 e. The number of rotatable bonds is 5. The first-order chi connectivity index (χ1) is 8.93. The SMILES string of the molecule is Cc1cccc(NS(=O)(=O)NC2CC2)c1/C(N)=N/O.